The molecular formula is C18H19NO2. The van der Waals surface area contributed by atoms with Gasteiger partial charge in [0.2, 0.25) is 5.91 Å². The molecule has 0 saturated heterocycles. The molecule has 1 unspecified atom stereocenters. The second-order valence-electron chi connectivity index (χ2n) is 5.54. The van der Waals surface area contributed by atoms with Crippen molar-refractivity contribution in [3.05, 3.63) is 59.2 Å². The highest BCUT2D eigenvalue weighted by Crippen LogP contribution is 2.34. The number of carbonyl (C=O) groups excluding carboxylic acids is 1. The van der Waals surface area contributed by atoms with Crippen LogP contribution in [0.3, 0.4) is 0 Å². The molecule has 1 N–H and O–H groups in total. The number of fused-ring (bicyclic) bond motifs is 1. The lowest BCUT2D eigenvalue weighted by molar-refractivity contribution is -0.118. The van der Waals surface area contributed by atoms with Crippen LogP contribution in [0, 0.1) is 13.8 Å². The first-order valence-electron chi connectivity index (χ1n) is 7.25. The Morgan fingerprint density at radius 3 is 2.86 bits per heavy atom. The van der Waals surface area contributed by atoms with E-state index in [-0.39, 0.29) is 11.8 Å². The molecule has 1 aliphatic heterocycles. The third-order valence-corrected chi connectivity index (χ3v) is 3.93. The third-order valence-electron chi connectivity index (χ3n) is 3.93. The average molecular weight is 281 g/mol. The predicted molar refractivity (Wildman–Crippen MR) is 83.8 cm³/mol. The van der Waals surface area contributed by atoms with Crippen molar-refractivity contribution >= 4 is 11.6 Å². The molecule has 1 atom stereocenters. The SMILES string of the molecule is Cc1ccc(C)c(NC(=O)C2CCOc3ccccc32)c1. The number of anilines is 1. The Balaban J connectivity index is 1.85. The Bertz CT molecular complexity index is 679. The molecule has 0 aliphatic carbocycles. The summed E-state index contributed by atoms with van der Waals surface area (Å²) in [5, 5.41) is 3.07. The summed E-state index contributed by atoms with van der Waals surface area (Å²) in [5.74, 6) is 0.721. The summed E-state index contributed by atoms with van der Waals surface area (Å²) in [6, 6.07) is 13.9. The fourth-order valence-electron chi connectivity index (χ4n) is 2.70. The van der Waals surface area contributed by atoms with Gasteiger partial charge in [-0.25, -0.2) is 0 Å². The van der Waals surface area contributed by atoms with Crippen molar-refractivity contribution in [3.63, 3.8) is 0 Å². The van der Waals surface area contributed by atoms with Gasteiger partial charge in [0.05, 0.1) is 12.5 Å². The normalized spacial score (nSPS) is 16.8. The largest absolute Gasteiger partial charge is 0.493 e. The number of hydrogen-bond acceptors (Lipinski definition) is 2. The van der Waals surface area contributed by atoms with Gasteiger partial charge in [-0.1, -0.05) is 30.3 Å². The van der Waals surface area contributed by atoms with Crippen molar-refractivity contribution in [1.29, 1.82) is 0 Å². The summed E-state index contributed by atoms with van der Waals surface area (Å²) in [6.45, 7) is 4.62. The molecule has 0 saturated carbocycles. The van der Waals surface area contributed by atoms with Crippen molar-refractivity contribution in [1.82, 2.24) is 0 Å². The molecule has 3 heteroatoms. The standard InChI is InChI=1S/C18H19NO2/c1-12-7-8-13(2)16(11-12)19-18(20)15-9-10-21-17-6-4-3-5-14(15)17/h3-8,11,15H,9-10H2,1-2H3,(H,19,20). The van der Waals surface area contributed by atoms with E-state index in [1.807, 2.05) is 50.2 Å². The number of hydrogen-bond donors (Lipinski definition) is 1. The molecule has 1 heterocycles. The minimum atomic E-state index is -0.144. The monoisotopic (exact) mass is 281 g/mol. The van der Waals surface area contributed by atoms with E-state index in [2.05, 4.69) is 11.4 Å². The van der Waals surface area contributed by atoms with Crippen LogP contribution in [0.5, 0.6) is 5.75 Å². The minimum absolute atomic E-state index is 0.0412. The van der Waals surface area contributed by atoms with Gasteiger partial charge in [-0.15, -0.1) is 0 Å². The maximum absolute atomic E-state index is 12.6. The molecule has 0 bridgehead atoms. The van der Waals surface area contributed by atoms with Gasteiger partial charge in [-0.2, -0.15) is 0 Å². The number of nitrogens with one attached hydrogen (secondary N) is 1. The number of ether oxygens (including phenoxy) is 1. The molecule has 0 aromatic heterocycles. The van der Waals surface area contributed by atoms with Gasteiger partial charge in [0.15, 0.2) is 0 Å². The van der Waals surface area contributed by atoms with E-state index in [9.17, 15) is 4.79 Å². The fraction of sp³-hybridized carbons (Fsp3) is 0.278. The molecule has 108 valence electrons. The summed E-state index contributed by atoms with van der Waals surface area (Å²) in [7, 11) is 0. The van der Waals surface area contributed by atoms with Gasteiger partial charge in [0.1, 0.15) is 5.75 Å². The van der Waals surface area contributed by atoms with E-state index in [0.29, 0.717) is 13.0 Å². The zero-order valence-corrected chi connectivity index (χ0v) is 12.3. The van der Waals surface area contributed by atoms with Crippen molar-refractivity contribution < 1.29 is 9.53 Å². The van der Waals surface area contributed by atoms with Crippen molar-refractivity contribution in [2.24, 2.45) is 0 Å². The summed E-state index contributed by atoms with van der Waals surface area (Å²) >= 11 is 0. The lowest BCUT2D eigenvalue weighted by atomic mass is 9.92. The first-order chi connectivity index (χ1) is 10.1. The molecule has 21 heavy (non-hydrogen) atoms. The summed E-state index contributed by atoms with van der Waals surface area (Å²) < 4.78 is 5.62. The molecule has 3 nitrogen and oxygen atoms in total. The summed E-state index contributed by atoms with van der Waals surface area (Å²) in [6.07, 6.45) is 0.716. The van der Waals surface area contributed by atoms with Crippen LogP contribution in [0.1, 0.15) is 29.0 Å². The Kier molecular flexibility index (Phi) is 3.65. The lowest BCUT2D eigenvalue weighted by Crippen LogP contribution is -2.26. The second kappa shape index (κ2) is 5.60. The molecule has 0 spiro atoms. The van der Waals surface area contributed by atoms with Crippen molar-refractivity contribution in [2.45, 2.75) is 26.2 Å². The van der Waals surface area contributed by atoms with Gasteiger partial charge in [0, 0.05) is 11.3 Å². The zero-order chi connectivity index (χ0) is 14.8. The predicted octanol–water partition coefficient (Wildman–Crippen LogP) is 3.81. The highest BCUT2D eigenvalue weighted by molar-refractivity contribution is 5.97. The number of para-hydroxylation sites is 1. The molecule has 2 aromatic rings. The van der Waals surface area contributed by atoms with E-state index in [0.717, 1.165) is 28.1 Å². The zero-order valence-electron chi connectivity index (χ0n) is 12.3. The summed E-state index contributed by atoms with van der Waals surface area (Å²) in [5.41, 5.74) is 4.09. The number of aryl methyl sites for hydroxylation is 2. The van der Waals surface area contributed by atoms with Crippen LogP contribution in [-0.4, -0.2) is 12.5 Å². The Labute approximate surface area is 124 Å². The van der Waals surface area contributed by atoms with Gasteiger partial charge in [-0.3, -0.25) is 4.79 Å². The molecule has 0 fully saturated rings. The molecule has 3 rings (SSSR count). The number of rotatable bonds is 2. The number of carbonyl (C=O) groups is 1. The van der Waals surface area contributed by atoms with E-state index < -0.39 is 0 Å². The van der Waals surface area contributed by atoms with E-state index in [1.165, 1.54) is 0 Å². The van der Waals surface area contributed by atoms with E-state index in [4.69, 9.17) is 4.74 Å². The maximum atomic E-state index is 12.6. The highest BCUT2D eigenvalue weighted by atomic mass is 16.5. The van der Waals surface area contributed by atoms with Crippen LogP contribution in [0.2, 0.25) is 0 Å². The first kappa shape index (κ1) is 13.7. The lowest BCUT2D eigenvalue weighted by Gasteiger charge is -2.25. The van der Waals surface area contributed by atoms with Crippen molar-refractivity contribution in [3.8, 4) is 5.75 Å². The minimum Gasteiger partial charge on any atom is -0.493 e. The topological polar surface area (TPSA) is 38.3 Å². The first-order valence-corrected chi connectivity index (χ1v) is 7.25. The van der Waals surface area contributed by atoms with Crippen LogP contribution in [0.15, 0.2) is 42.5 Å². The van der Waals surface area contributed by atoms with Crippen LogP contribution in [-0.2, 0) is 4.79 Å². The smallest absolute Gasteiger partial charge is 0.232 e. The molecule has 1 amide bonds. The second-order valence-corrected chi connectivity index (χ2v) is 5.54. The van der Waals surface area contributed by atoms with Gasteiger partial charge < -0.3 is 10.1 Å². The average Bonchev–Trinajstić information content (AvgIpc) is 2.50. The van der Waals surface area contributed by atoms with Crippen LogP contribution in [0.4, 0.5) is 5.69 Å². The Morgan fingerprint density at radius 1 is 1.19 bits per heavy atom. The van der Waals surface area contributed by atoms with Crippen LogP contribution < -0.4 is 10.1 Å². The van der Waals surface area contributed by atoms with Crippen LogP contribution >= 0.6 is 0 Å². The van der Waals surface area contributed by atoms with Gasteiger partial charge >= 0.3 is 0 Å². The van der Waals surface area contributed by atoms with Gasteiger partial charge in [0.25, 0.3) is 0 Å². The molecule has 0 radical (unpaired) electrons. The van der Waals surface area contributed by atoms with E-state index >= 15 is 0 Å². The molecule has 2 aromatic carbocycles. The highest BCUT2D eigenvalue weighted by Gasteiger charge is 2.27. The number of benzene rings is 2. The van der Waals surface area contributed by atoms with Crippen LogP contribution in [0.25, 0.3) is 0 Å². The summed E-state index contributed by atoms with van der Waals surface area (Å²) in [4.78, 5) is 12.6. The van der Waals surface area contributed by atoms with E-state index in [1.54, 1.807) is 0 Å². The Morgan fingerprint density at radius 2 is 2.00 bits per heavy atom. The number of amides is 1. The van der Waals surface area contributed by atoms with Crippen molar-refractivity contribution in [2.75, 3.05) is 11.9 Å². The Hall–Kier alpha value is -2.29. The fourth-order valence-corrected chi connectivity index (χ4v) is 2.70. The molecule has 1 aliphatic rings. The van der Waals surface area contributed by atoms with Gasteiger partial charge in [-0.05, 0) is 43.5 Å². The third kappa shape index (κ3) is 2.77. The molecular weight excluding hydrogens is 262 g/mol. The quantitative estimate of drug-likeness (QED) is 0.909. The maximum Gasteiger partial charge on any atom is 0.232 e.